The van der Waals surface area contributed by atoms with E-state index in [2.05, 4.69) is 27.1 Å². The van der Waals surface area contributed by atoms with Gasteiger partial charge in [-0.1, -0.05) is 19.9 Å². The number of anilines is 2. The van der Waals surface area contributed by atoms with Crippen molar-refractivity contribution >= 4 is 17.3 Å². The van der Waals surface area contributed by atoms with Crippen LogP contribution in [0.5, 0.6) is 0 Å². The van der Waals surface area contributed by atoms with Gasteiger partial charge in [0.2, 0.25) is 5.91 Å². The molecular weight excluding hydrogens is 264 g/mol. The number of rotatable bonds is 7. The number of carbonyl (C=O) groups excluding carboxylic acids is 1. The number of aromatic nitrogens is 2. The van der Waals surface area contributed by atoms with Crippen LogP contribution in [-0.2, 0) is 17.9 Å². The second kappa shape index (κ2) is 7.47. The summed E-state index contributed by atoms with van der Waals surface area (Å²) >= 11 is 0. The first-order chi connectivity index (χ1) is 10.2. The van der Waals surface area contributed by atoms with Crippen molar-refractivity contribution in [3.63, 3.8) is 0 Å². The van der Waals surface area contributed by atoms with Crippen LogP contribution >= 0.6 is 0 Å². The van der Waals surface area contributed by atoms with Gasteiger partial charge in [-0.25, -0.2) is 4.98 Å². The summed E-state index contributed by atoms with van der Waals surface area (Å²) in [4.78, 5) is 15.8. The average Bonchev–Trinajstić information content (AvgIpc) is 2.93. The first-order valence-corrected chi connectivity index (χ1v) is 7.36. The van der Waals surface area contributed by atoms with Crippen LogP contribution < -0.4 is 10.6 Å². The van der Waals surface area contributed by atoms with E-state index in [0.717, 1.165) is 30.2 Å². The Balaban J connectivity index is 1.98. The standard InChI is InChI=1S/C16H22N4O/c1-3-9-20-10-8-17-15(20)12-18-13-6-5-7-14(11-13)19-16(21)4-2/h5-8,10-11,18H,3-4,9,12H2,1-2H3,(H,19,21). The lowest BCUT2D eigenvalue weighted by molar-refractivity contribution is -0.115. The Kier molecular flexibility index (Phi) is 5.37. The molecule has 2 aromatic rings. The second-order valence-electron chi connectivity index (χ2n) is 4.87. The van der Waals surface area contributed by atoms with Crippen molar-refractivity contribution < 1.29 is 4.79 Å². The van der Waals surface area contributed by atoms with Gasteiger partial charge in [0, 0.05) is 36.7 Å². The van der Waals surface area contributed by atoms with Gasteiger partial charge in [0.25, 0.3) is 0 Å². The van der Waals surface area contributed by atoms with Gasteiger partial charge in [0.15, 0.2) is 0 Å². The van der Waals surface area contributed by atoms with Gasteiger partial charge in [-0.3, -0.25) is 4.79 Å². The van der Waals surface area contributed by atoms with E-state index in [1.54, 1.807) is 0 Å². The molecule has 1 aromatic heterocycles. The van der Waals surface area contributed by atoms with Gasteiger partial charge >= 0.3 is 0 Å². The van der Waals surface area contributed by atoms with Crippen LogP contribution in [0.2, 0.25) is 0 Å². The summed E-state index contributed by atoms with van der Waals surface area (Å²) in [6.07, 6.45) is 5.39. The minimum absolute atomic E-state index is 0.0191. The number of aryl methyl sites for hydroxylation is 1. The fraction of sp³-hybridized carbons (Fsp3) is 0.375. The Hall–Kier alpha value is -2.30. The fourth-order valence-corrected chi connectivity index (χ4v) is 2.09. The van der Waals surface area contributed by atoms with E-state index in [4.69, 9.17) is 0 Å². The molecule has 0 unspecified atom stereocenters. The molecule has 0 aliphatic carbocycles. The smallest absolute Gasteiger partial charge is 0.224 e. The third kappa shape index (κ3) is 4.34. The van der Waals surface area contributed by atoms with Crippen molar-refractivity contribution in [3.05, 3.63) is 42.5 Å². The molecule has 2 rings (SSSR count). The summed E-state index contributed by atoms with van der Waals surface area (Å²) in [5.74, 6) is 1.03. The minimum atomic E-state index is 0.0191. The zero-order valence-corrected chi connectivity index (χ0v) is 12.6. The zero-order chi connectivity index (χ0) is 15.1. The number of hydrogen-bond acceptors (Lipinski definition) is 3. The molecule has 0 aliphatic heterocycles. The molecule has 0 saturated carbocycles. The third-order valence-corrected chi connectivity index (χ3v) is 3.18. The molecule has 1 heterocycles. The predicted molar refractivity (Wildman–Crippen MR) is 85.2 cm³/mol. The molecule has 21 heavy (non-hydrogen) atoms. The van der Waals surface area contributed by atoms with Gasteiger partial charge < -0.3 is 15.2 Å². The monoisotopic (exact) mass is 286 g/mol. The number of imidazole rings is 1. The lowest BCUT2D eigenvalue weighted by Crippen LogP contribution is -2.10. The van der Waals surface area contributed by atoms with Crippen LogP contribution in [0.4, 0.5) is 11.4 Å². The Morgan fingerprint density at radius 3 is 2.86 bits per heavy atom. The highest BCUT2D eigenvalue weighted by atomic mass is 16.1. The van der Waals surface area contributed by atoms with Crippen LogP contribution in [-0.4, -0.2) is 15.5 Å². The van der Waals surface area contributed by atoms with Crippen molar-refractivity contribution in [2.75, 3.05) is 10.6 Å². The molecule has 112 valence electrons. The van der Waals surface area contributed by atoms with Crippen LogP contribution in [0.3, 0.4) is 0 Å². The SMILES string of the molecule is CCCn1ccnc1CNc1cccc(NC(=O)CC)c1. The maximum absolute atomic E-state index is 11.4. The fourth-order valence-electron chi connectivity index (χ4n) is 2.09. The molecule has 1 aromatic carbocycles. The molecule has 1 amide bonds. The third-order valence-electron chi connectivity index (χ3n) is 3.18. The Labute approximate surface area is 125 Å². The molecule has 5 heteroatoms. The summed E-state index contributed by atoms with van der Waals surface area (Å²) in [6.45, 7) is 5.63. The first-order valence-electron chi connectivity index (χ1n) is 7.36. The van der Waals surface area contributed by atoms with Gasteiger partial charge in [-0.2, -0.15) is 0 Å². The molecule has 0 bridgehead atoms. The second-order valence-corrected chi connectivity index (χ2v) is 4.87. The molecule has 0 fully saturated rings. The van der Waals surface area contributed by atoms with Gasteiger partial charge in [-0.15, -0.1) is 0 Å². The quantitative estimate of drug-likeness (QED) is 0.821. The summed E-state index contributed by atoms with van der Waals surface area (Å²) in [5.41, 5.74) is 1.78. The highest BCUT2D eigenvalue weighted by Gasteiger charge is 2.03. The van der Waals surface area contributed by atoms with E-state index in [1.165, 1.54) is 0 Å². The van der Waals surface area contributed by atoms with Crippen molar-refractivity contribution in [2.24, 2.45) is 0 Å². The maximum atomic E-state index is 11.4. The van der Waals surface area contributed by atoms with E-state index in [9.17, 15) is 4.79 Å². The van der Waals surface area contributed by atoms with Crippen molar-refractivity contribution in [3.8, 4) is 0 Å². The lowest BCUT2D eigenvalue weighted by atomic mass is 10.2. The molecule has 0 aliphatic rings. The summed E-state index contributed by atoms with van der Waals surface area (Å²) < 4.78 is 2.15. The topological polar surface area (TPSA) is 59.0 Å². The summed E-state index contributed by atoms with van der Waals surface area (Å²) in [5, 5.41) is 6.20. The van der Waals surface area contributed by atoms with Crippen LogP contribution in [0.25, 0.3) is 0 Å². The summed E-state index contributed by atoms with van der Waals surface area (Å²) in [6, 6.07) is 7.72. The Bertz CT molecular complexity index is 591. The van der Waals surface area contributed by atoms with Crippen molar-refractivity contribution in [1.82, 2.24) is 9.55 Å². The molecular formula is C16H22N4O. The Morgan fingerprint density at radius 2 is 2.10 bits per heavy atom. The number of benzene rings is 1. The van der Waals surface area contributed by atoms with Gasteiger partial charge in [0.1, 0.15) is 5.82 Å². The predicted octanol–water partition coefficient (Wildman–Crippen LogP) is 3.25. The van der Waals surface area contributed by atoms with Crippen molar-refractivity contribution in [2.45, 2.75) is 39.8 Å². The average molecular weight is 286 g/mol. The number of hydrogen-bond donors (Lipinski definition) is 2. The van der Waals surface area contributed by atoms with E-state index in [1.807, 2.05) is 43.6 Å². The minimum Gasteiger partial charge on any atom is -0.378 e. The number of nitrogens with zero attached hydrogens (tertiary/aromatic N) is 2. The summed E-state index contributed by atoms with van der Waals surface area (Å²) in [7, 11) is 0. The van der Waals surface area contributed by atoms with E-state index in [-0.39, 0.29) is 5.91 Å². The maximum Gasteiger partial charge on any atom is 0.224 e. The number of nitrogens with one attached hydrogen (secondary N) is 2. The van der Waals surface area contributed by atoms with Crippen molar-refractivity contribution in [1.29, 1.82) is 0 Å². The van der Waals surface area contributed by atoms with Gasteiger partial charge in [-0.05, 0) is 24.6 Å². The number of amides is 1. The van der Waals surface area contributed by atoms with Crippen LogP contribution in [0.1, 0.15) is 32.5 Å². The Morgan fingerprint density at radius 1 is 1.29 bits per heavy atom. The first kappa shape index (κ1) is 15.1. The highest BCUT2D eigenvalue weighted by Crippen LogP contribution is 2.16. The molecule has 0 radical (unpaired) electrons. The molecule has 5 nitrogen and oxygen atoms in total. The molecule has 0 spiro atoms. The lowest BCUT2D eigenvalue weighted by Gasteiger charge is -2.10. The zero-order valence-electron chi connectivity index (χ0n) is 12.6. The largest absolute Gasteiger partial charge is 0.378 e. The van der Waals surface area contributed by atoms with Crippen LogP contribution in [0.15, 0.2) is 36.7 Å². The van der Waals surface area contributed by atoms with Gasteiger partial charge in [0.05, 0.1) is 6.54 Å². The highest BCUT2D eigenvalue weighted by molar-refractivity contribution is 5.90. The van der Waals surface area contributed by atoms with E-state index in [0.29, 0.717) is 13.0 Å². The van der Waals surface area contributed by atoms with Crippen LogP contribution in [0, 0.1) is 0 Å². The van der Waals surface area contributed by atoms with E-state index < -0.39 is 0 Å². The molecule has 0 atom stereocenters. The normalized spacial score (nSPS) is 10.4. The molecule has 2 N–H and O–H groups in total. The number of carbonyl (C=O) groups is 1. The van der Waals surface area contributed by atoms with E-state index >= 15 is 0 Å². The molecule has 0 saturated heterocycles.